The van der Waals surface area contributed by atoms with Gasteiger partial charge in [0.1, 0.15) is 29.5 Å². The zero-order valence-corrected chi connectivity index (χ0v) is 21.9. The van der Waals surface area contributed by atoms with E-state index in [9.17, 15) is 29.3 Å². The lowest BCUT2D eigenvalue weighted by Crippen LogP contribution is -2.70. The number of amides is 2. The average Bonchev–Trinajstić information content (AvgIpc) is 3.38. The summed E-state index contributed by atoms with van der Waals surface area (Å²) in [5.74, 6) is -1.25. The molecule has 3 heterocycles. The largest absolute Gasteiger partial charge is 0.514 e. The van der Waals surface area contributed by atoms with Gasteiger partial charge in [0, 0.05) is 28.3 Å². The van der Waals surface area contributed by atoms with E-state index in [0.29, 0.717) is 5.57 Å². The number of thiophene rings is 1. The van der Waals surface area contributed by atoms with Gasteiger partial charge in [0.2, 0.25) is 5.91 Å². The molecule has 2 aliphatic heterocycles. The maximum atomic E-state index is 13.0. The maximum absolute atomic E-state index is 13.0. The summed E-state index contributed by atoms with van der Waals surface area (Å²) in [6, 6.07) is 7.71. The lowest BCUT2D eigenvalue weighted by Gasteiger charge is -2.49. The van der Waals surface area contributed by atoms with E-state index in [0.717, 1.165) is 4.88 Å². The van der Waals surface area contributed by atoms with Crippen molar-refractivity contribution in [1.29, 1.82) is 0 Å². The molecule has 0 unspecified atom stereocenters. The van der Waals surface area contributed by atoms with Crippen LogP contribution in [0.2, 0.25) is 0 Å². The van der Waals surface area contributed by atoms with Gasteiger partial charge in [0.05, 0.1) is 17.4 Å². The summed E-state index contributed by atoms with van der Waals surface area (Å²) >= 11 is 2.75. The molecule has 2 aromatic rings. The molecule has 2 amide bonds. The van der Waals surface area contributed by atoms with E-state index in [2.05, 4.69) is 5.32 Å². The molecule has 0 spiro atoms. The summed E-state index contributed by atoms with van der Waals surface area (Å²) in [5, 5.41) is 14.8. The molecule has 2 atom stereocenters. The first-order chi connectivity index (χ1) is 18.1. The van der Waals surface area contributed by atoms with E-state index in [1.807, 2.05) is 17.5 Å². The maximum Gasteiger partial charge on any atom is 0.514 e. The van der Waals surface area contributed by atoms with Gasteiger partial charge in [-0.2, -0.15) is 0 Å². The van der Waals surface area contributed by atoms with Crippen molar-refractivity contribution in [3.8, 4) is 5.75 Å². The molecule has 0 bridgehead atoms. The molecule has 0 aliphatic carbocycles. The van der Waals surface area contributed by atoms with Crippen LogP contribution in [0, 0.1) is 10.1 Å². The fourth-order valence-corrected chi connectivity index (χ4v) is 5.79. The van der Waals surface area contributed by atoms with E-state index in [1.54, 1.807) is 13.8 Å². The Morgan fingerprint density at radius 2 is 1.95 bits per heavy atom. The van der Waals surface area contributed by atoms with Crippen molar-refractivity contribution < 1.29 is 38.3 Å². The van der Waals surface area contributed by atoms with E-state index < -0.39 is 40.5 Å². The number of nitro benzene ring substituents is 1. The third-order valence-electron chi connectivity index (χ3n) is 5.43. The number of nitrogens with zero attached hydrogens (tertiary/aromatic N) is 2. The third kappa shape index (κ3) is 6.14. The molecule has 4 rings (SSSR count). The molecule has 0 radical (unpaired) electrons. The van der Waals surface area contributed by atoms with Crippen LogP contribution in [0.4, 0.5) is 10.5 Å². The molecule has 200 valence electrons. The normalized spacial score (nSPS) is 18.4. The fourth-order valence-electron chi connectivity index (χ4n) is 3.76. The second kappa shape index (κ2) is 11.6. The van der Waals surface area contributed by atoms with Crippen LogP contribution in [-0.4, -0.2) is 63.6 Å². The number of esters is 1. The Hall–Kier alpha value is -3.91. The molecule has 1 aromatic carbocycles. The first-order valence-corrected chi connectivity index (χ1v) is 13.4. The SMILES string of the molecule is CC(C)OC(=O)C1=C(COC(=O)Oc2ccc([N+](=O)[O-])cc2)CS[C@@H]2[C@H](NC(=O)Cc3cccs3)C(=O)N12. The number of non-ortho nitro benzene ring substituents is 1. The van der Waals surface area contributed by atoms with Crippen molar-refractivity contribution in [2.45, 2.75) is 37.8 Å². The van der Waals surface area contributed by atoms with Gasteiger partial charge in [-0.25, -0.2) is 9.59 Å². The monoisotopic (exact) mass is 561 g/mol. The number of ether oxygens (including phenoxy) is 3. The second-order valence-electron chi connectivity index (χ2n) is 8.51. The summed E-state index contributed by atoms with van der Waals surface area (Å²) in [5.41, 5.74) is 0.145. The Bertz CT molecular complexity index is 1280. The molecule has 1 fully saturated rings. The average molecular weight is 562 g/mol. The van der Waals surface area contributed by atoms with Crippen LogP contribution in [0.25, 0.3) is 0 Å². The summed E-state index contributed by atoms with van der Waals surface area (Å²) in [6.45, 7) is 2.97. The highest BCUT2D eigenvalue weighted by atomic mass is 32.2. The molecule has 12 nitrogen and oxygen atoms in total. The molecular formula is C24H23N3O9S2. The highest BCUT2D eigenvalue weighted by molar-refractivity contribution is 8.00. The van der Waals surface area contributed by atoms with E-state index in [-0.39, 0.29) is 41.8 Å². The molecule has 1 N–H and O–H groups in total. The molecule has 1 saturated heterocycles. The van der Waals surface area contributed by atoms with Crippen LogP contribution in [0.5, 0.6) is 5.75 Å². The fraction of sp³-hybridized carbons (Fsp3) is 0.333. The van der Waals surface area contributed by atoms with Gasteiger partial charge in [0.25, 0.3) is 11.6 Å². The number of nitrogens with one attached hydrogen (secondary N) is 1. The second-order valence-corrected chi connectivity index (χ2v) is 10.6. The highest BCUT2D eigenvalue weighted by Crippen LogP contribution is 2.41. The Kier molecular flexibility index (Phi) is 8.32. The van der Waals surface area contributed by atoms with Gasteiger partial charge in [0.15, 0.2) is 0 Å². The van der Waals surface area contributed by atoms with Crippen LogP contribution in [0.3, 0.4) is 0 Å². The molecule has 38 heavy (non-hydrogen) atoms. The van der Waals surface area contributed by atoms with Crippen molar-refractivity contribution in [1.82, 2.24) is 10.2 Å². The van der Waals surface area contributed by atoms with E-state index in [4.69, 9.17) is 14.2 Å². The summed E-state index contributed by atoms with van der Waals surface area (Å²) in [6.07, 6.45) is -1.41. The number of nitro groups is 1. The van der Waals surface area contributed by atoms with Crippen molar-refractivity contribution >= 4 is 52.7 Å². The Morgan fingerprint density at radius 3 is 2.58 bits per heavy atom. The number of β-lactam (4-membered cyclic amide) rings is 1. The Balaban J connectivity index is 1.43. The summed E-state index contributed by atoms with van der Waals surface area (Å²) in [4.78, 5) is 62.9. The number of fused-ring (bicyclic) bond motifs is 1. The predicted molar refractivity (Wildman–Crippen MR) is 136 cm³/mol. The van der Waals surface area contributed by atoms with Gasteiger partial charge >= 0.3 is 12.1 Å². The number of carbonyl (C=O) groups is 4. The van der Waals surface area contributed by atoms with Crippen molar-refractivity contribution in [3.63, 3.8) is 0 Å². The van der Waals surface area contributed by atoms with Gasteiger partial charge in [-0.3, -0.25) is 24.6 Å². The standard InChI is InChI=1S/C24H23N3O9S2/c1-13(2)35-23(30)20-14(11-34-24(31)36-16-7-5-15(6-8-16)27(32)33)12-38-22-19(21(29)26(20)22)25-18(28)10-17-4-3-9-37-17/h3-9,13,19,22H,10-12H2,1-2H3,(H,25,28)/t19-,22-/m1/s1. The molecule has 0 saturated carbocycles. The zero-order valence-electron chi connectivity index (χ0n) is 20.3. The van der Waals surface area contributed by atoms with Gasteiger partial charge in [-0.15, -0.1) is 23.1 Å². The van der Waals surface area contributed by atoms with Crippen LogP contribution < -0.4 is 10.1 Å². The lowest BCUT2D eigenvalue weighted by atomic mass is 10.0. The molecular weight excluding hydrogens is 538 g/mol. The first kappa shape index (κ1) is 27.1. The van der Waals surface area contributed by atoms with Crippen molar-refractivity contribution in [2.24, 2.45) is 0 Å². The molecule has 2 aliphatic rings. The Morgan fingerprint density at radius 1 is 1.21 bits per heavy atom. The van der Waals surface area contributed by atoms with Crippen LogP contribution in [0.15, 0.2) is 53.0 Å². The minimum absolute atomic E-state index is 0.0284. The number of hydrogen-bond acceptors (Lipinski definition) is 11. The first-order valence-electron chi connectivity index (χ1n) is 11.4. The smallest absolute Gasteiger partial charge is 0.458 e. The number of benzene rings is 1. The number of rotatable bonds is 9. The number of hydrogen-bond donors (Lipinski definition) is 1. The van der Waals surface area contributed by atoms with E-state index in [1.165, 1.54) is 52.3 Å². The predicted octanol–water partition coefficient (Wildman–Crippen LogP) is 3.02. The summed E-state index contributed by atoms with van der Waals surface area (Å²) < 4.78 is 15.5. The minimum atomic E-state index is -1.09. The van der Waals surface area contributed by atoms with Gasteiger partial charge < -0.3 is 19.5 Å². The van der Waals surface area contributed by atoms with E-state index >= 15 is 0 Å². The highest BCUT2D eigenvalue weighted by Gasteiger charge is 2.54. The lowest BCUT2D eigenvalue weighted by molar-refractivity contribution is -0.384. The number of thioether (sulfide) groups is 1. The third-order valence-corrected chi connectivity index (χ3v) is 7.64. The topological polar surface area (TPSA) is 154 Å². The van der Waals surface area contributed by atoms with Crippen LogP contribution in [0.1, 0.15) is 18.7 Å². The number of carbonyl (C=O) groups excluding carboxylic acids is 4. The minimum Gasteiger partial charge on any atom is -0.458 e. The quantitative estimate of drug-likeness (QED) is 0.159. The summed E-state index contributed by atoms with van der Waals surface area (Å²) in [7, 11) is 0. The molecule has 14 heteroatoms. The Labute approximate surface area is 225 Å². The molecule has 1 aromatic heterocycles. The van der Waals surface area contributed by atoms with Gasteiger partial charge in [-0.05, 0) is 37.4 Å². The van der Waals surface area contributed by atoms with Gasteiger partial charge in [-0.1, -0.05) is 6.07 Å². The van der Waals surface area contributed by atoms with Crippen molar-refractivity contribution in [3.05, 3.63) is 68.0 Å². The zero-order chi connectivity index (χ0) is 27.4. The van der Waals surface area contributed by atoms with Crippen molar-refractivity contribution in [2.75, 3.05) is 12.4 Å². The van der Waals surface area contributed by atoms with Crippen LogP contribution >= 0.6 is 23.1 Å². The van der Waals surface area contributed by atoms with Crippen LogP contribution in [-0.2, 0) is 30.3 Å².